The summed E-state index contributed by atoms with van der Waals surface area (Å²) in [7, 11) is 0. The quantitative estimate of drug-likeness (QED) is 0.576. The first kappa shape index (κ1) is 9.15. The number of benzene rings is 1. The predicted octanol–water partition coefficient (Wildman–Crippen LogP) is 3.11. The van der Waals surface area contributed by atoms with Gasteiger partial charge >= 0.3 is 0 Å². The maximum atomic E-state index is 5.58. The molecule has 0 fully saturated rings. The van der Waals surface area contributed by atoms with Crippen LogP contribution in [-0.2, 0) is 0 Å². The van der Waals surface area contributed by atoms with E-state index in [4.69, 9.17) is 23.2 Å². The Hall–Kier alpha value is 0.150. The van der Waals surface area contributed by atoms with Gasteiger partial charge in [-0.25, -0.2) is 0 Å². The Morgan fingerprint density at radius 2 is 1.22 bits per heavy atom. The molecule has 9 heavy (non-hydrogen) atoms. The van der Waals surface area contributed by atoms with Crippen molar-refractivity contribution < 1.29 is 0 Å². The fourth-order valence-corrected chi connectivity index (χ4v) is 0.711. The fourth-order valence-electron chi connectivity index (χ4n) is 0.439. The van der Waals surface area contributed by atoms with E-state index in [1.807, 2.05) is 12.1 Å². The third kappa shape index (κ3) is 2.48. The van der Waals surface area contributed by atoms with Crippen molar-refractivity contribution in [1.29, 1.82) is 0 Å². The minimum Gasteiger partial charge on any atom is -0.197 e. The lowest BCUT2D eigenvalue weighted by atomic mass is 10.4. The smallest absolute Gasteiger partial charge is 0.0592 e. The van der Waals surface area contributed by atoms with Crippen LogP contribution >= 0.6 is 36.7 Å². The zero-order valence-electron chi connectivity index (χ0n) is 4.57. The van der Waals surface area contributed by atoms with Gasteiger partial charge in [-0.2, -0.15) is 13.5 Å². The molecule has 0 saturated heterocycles. The normalized spacial score (nSPS) is 8.22. The first-order valence-electron chi connectivity index (χ1n) is 2.21. The Labute approximate surface area is 71.2 Å². The van der Waals surface area contributed by atoms with Gasteiger partial charge in [0.15, 0.2) is 0 Å². The lowest BCUT2D eigenvalue weighted by molar-refractivity contribution is 1.71. The van der Waals surface area contributed by atoms with Gasteiger partial charge in [-0.1, -0.05) is 35.3 Å². The lowest BCUT2D eigenvalue weighted by Gasteiger charge is -1.88. The third-order valence-electron chi connectivity index (χ3n) is 0.824. The van der Waals surface area contributed by atoms with Gasteiger partial charge in [-0.15, -0.1) is 0 Å². The average molecular weight is 181 g/mol. The molecule has 0 bridgehead atoms. The number of halogens is 2. The Kier molecular flexibility index (Phi) is 4.11. The first-order chi connectivity index (χ1) is 3.80. The molecule has 3 heteroatoms. The molecule has 0 amide bonds. The van der Waals surface area contributed by atoms with Gasteiger partial charge in [-0.3, -0.25) is 0 Å². The average Bonchev–Trinajstić information content (AvgIpc) is 1.77. The molecular weight excluding hydrogens is 175 g/mol. The van der Waals surface area contributed by atoms with E-state index in [-0.39, 0.29) is 13.5 Å². The molecule has 0 nitrogen and oxygen atoms in total. The second-order valence-electron chi connectivity index (χ2n) is 1.41. The molecule has 0 atom stereocenters. The van der Waals surface area contributed by atoms with Crippen LogP contribution in [0.2, 0.25) is 10.0 Å². The Morgan fingerprint density at radius 1 is 0.889 bits per heavy atom. The number of rotatable bonds is 0. The van der Waals surface area contributed by atoms with E-state index in [2.05, 4.69) is 0 Å². The summed E-state index contributed by atoms with van der Waals surface area (Å²) in [5.74, 6) is 0. The minimum absolute atomic E-state index is 0. The van der Waals surface area contributed by atoms with E-state index in [1.165, 1.54) is 0 Å². The number of hydrogen-bond donors (Lipinski definition) is 0. The maximum absolute atomic E-state index is 5.58. The summed E-state index contributed by atoms with van der Waals surface area (Å²) < 4.78 is 0. The highest BCUT2D eigenvalue weighted by atomic mass is 35.5. The highest BCUT2D eigenvalue weighted by Crippen LogP contribution is 2.19. The van der Waals surface area contributed by atoms with Gasteiger partial charge in [0, 0.05) is 0 Å². The van der Waals surface area contributed by atoms with Crippen molar-refractivity contribution in [3.63, 3.8) is 0 Å². The third-order valence-corrected chi connectivity index (χ3v) is 1.58. The van der Waals surface area contributed by atoms with Gasteiger partial charge in [0.2, 0.25) is 0 Å². The van der Waals surface area contributed by atoms with E-state index in [1.54, 1.807) is 12.1 Å². The Morgan fingerprint density at radius 3 is 1.44 bits per heavy atom. The number of hydrogen-bond acceptors (Lipinski definition) is 0. The molecule has 0 heterocycles. The fraction of sp³-hybridized carbons (Fsp3) is 0. The van der Waals surface area contributed by atoms with Gasteiger partial charge < -0.3 is 0 Å². The highest BCUT2D eigenvalue weighted by molar-refractivity contribution is 7.59. The Balaban J connectivity index is 0.000000640. The lowest BCUT2D eigenvalue weighted by Crippen LogP contribution is -1.62. The van der Waals surface area contributed by atoms with Crippen molar-refractivity contribution in [2.45, 2.75) is 0 Å². The van der Waals surface area contributed by atoms with Crippen molar-refractivity contribution in [1.82, 2.24) is 0 Å². The largest absolute Gasteiger partial charge is 0.197 e. The summed E-state index contributed by atoms with van der Waals surface area (Å²) in [5, 5.41) is 1.21. The zero-order chi connectivity index (χ0) is 5.98. The topological polar surface area (TPSA) is 0 Å². The SMILES string of the molecule is Clc1ccccc1Cl.S. The molecule has 0 aliphatic carbocycles. The van der Waals surface area contributed by atoms with Gasteiger partial charge in [0.25, 0.3) is 0 Å². The van der Waals surface area contributed by atoms with Crippen LogP contribution in [-0.4, -0.2) is 0 Å². The molecule has 0 saturated carbocycles. The predicted molar refractivity (Wildman–Crippen MR) is 46.8 cm³/mol. The molecule has 0 aromatic heterocycles. The van der Waals surface area contributed by atoms with Crippen molar-refractivity contribution in [2.24, 2.45) is 0 Å². The highest BCUT2D eigenvalue weighted by Gasteiger charge is 1.89. The second-order valence-corrected chi connectivity index (χ2v) is 2.23. The first-order valence-corrected chi connectivity index (χ1v) is 2.96. The molecule has 1 rings (SSSR count). The summed E-state index contributed by atoms with van der Waals surface area (Å²) in [6.07, 6.45) is 0. The van der Waals surface area contributed by atoms with E-state index >= 15 is 0 Å². The van der Waals surface area contributed by atoms with Crippen molar-refractivity contribution in [2.75, 3.05) is 0 Å². The van der Waals surface area contributed by atoms with Gasteiger partial charge in [0.05, 0.1) is 10.0 Å². The van der Waals surface area contributed by atoms with E-state index in [0.29, 0.717) is 10.0 Å². The second kappa shape index (κ2) is 4.04. The van der Waals surface area contributed by atoms with E-state index in [0.717, 1.165) is 0 Å². The summed E-state index contributed by atoms with van der Waals surface area (Å²) in [6, 6.07) is 7.19. The standard InChI is InChI=1S/C6H4Cl2.H2S/c7-5-3-1-2-4-6(5)8;/h1-4H;1H2. The van der Waals surface area contributed by atoms with Crippen molar-refractivity contribution >= 4 is 36.7 Å². The molecule has 1 aromatic carbocycles. The van der Waals surface area contributed by atoms with Crippen LogP contribution in [0.5, 0.6) is 0 Å². The van der Waals surface area contributed by atoms with Crippen LogP contribution in [0.1, 0.15) is 0 Å². The van der Waals surface area contributed by atoms with E-state index in [9.17, 15) is 0 Å². The van der Waals surface area contributed by atoms with Crippen LogP contribution in [0.4, 0.5) is 0 Å². The van der Waals surface area contributed by atoms with Crippen LogP contribution in [0.3, 0.4) is 0 Å². The molecule has 0 aliphatic heterocycles. The summed E-state index contributed by atoms with van der Waals surface area (Å²) >= 11 is 11.2. The summed E-state index contributed by atoms with van der Waals surface area (Å²) in [4.78, 5) is 0. The molecular formula is C6H6Cl2S. The van der Waals surface area contributed by atoms with Crippen molar-refractivity contribution in [3.05, 3.63) is 34.3 Å². The van der Waals surface area contributed by atoms with Crippen LogP contribution in [0.25, 0.3) is 0 Å². The maximum Gasteiger partial charge on any atom is 0.0592 e. The van der Waals surface area contributed by atoms with Crippen molar-refractivity contribution in [3.8, 4) is 0 Å². The van der Waals surface area contributed by atoms with E-state index < -0.39 is 0 Å². The molecule has 0 aliphatic rings. The van der Waals surface area contributed by atoms with Gasteiger partial charge in [-0.05, 0) is 12.1 Å². The van der Waals surface area contributed by atoms with Crippen LogP contribution < -0.4 is 0 Å². The Bertz CT molecular complexity index is 167. The summed E-state index contributed by atoms with van der Waals surface area (Å²) in [6.45, 7) is 0. The zero-order valence-corrected chi connectivity index (χ0v) is 7.08. The minimum atomic E-state index is 0. The molecule has 0 N–H and O–H groups in total. The van der Waals surface area contributed by atoms with Crippen LogP contribution in [0, 0.1) is 0 Å². The van der Waals surface area contributed by atoms with Gasteiger partial charge in [0.1, 0.15) is 0 Å². The monoisotopic (exact) mass is 180 g/mol. The molecule has 1 aromatic rings. The molecule has 0 spiro atoms. The molecule has 0 unspecified atom stereocenters. The molecule has 50 valence electrons. The molecule has 0 radical (unpaired) electrons. The summed E-state index contributed by atoms with van der Waals surface area (Å²) in [5.41, 5.74) is 0. The van der Waals surface area contributed by atoms with Crippen LogP contribution in [0.15, 0.2) is 24.3 Å².